The minimum Gasteiger partial charge on any atom is -0.375 e. The third-order valence-electron chi connectivity index (χ3n) is 8.64. The maximum atomic E-state index is 14.2. The Morgan fingerprint density at radius 3 is 2.49 bits per heavy atom. The van der Waals surface area contributed by atoms with Crippen molar-refractivity contribution < 1.29 is 27.2 Å². The summed E-state index contributed by atoms with van der Waals surface area (Å²) in [4.78, 5) is 25.6. The number of sulfonamides is 1. The van der Waals surface area contributed by atoms with Gasteiger partial charge in [-0.3, -0.25) is 19.7 Å². The second kappa shape index (κ2) is 13.8. The van der Waals surface area contributed by atoms with E-state index in [-0.39, 0.29) is 30.0 Å². The van der Waals surface area contributed by atoms with Crippen LogP contribution in [0.25, 0.3) is 11.1 Å². The fourth-order valence-electron chi connectivity index (χ4n) is 6.08. The Kier molecular flexibility index (Phi) is 10.0. The molecular weight excluding hydrogens is 594 g/mol. The molecule has 0 bridgehead atoms. The Labute approximate surface area is 265 Å². The summed E-state index contributed by atoms with van der Waals surface area (Å²) in [6, 6.07) is 10.5. The van der Waals surface area contributed by atoms with Crippen molar-refractivity contribution in [3.8, 4) is 11.1 Å². The van der Waals surface area contributed by atoms with E-state index in [9.17, 15) is 13.2 Å². The molecule has 11 nitrogen and oxygen atoms in total. The minimum absolute atomic E-state index is 0.0661. The van der Waals surface area contributed by atoms with Crippen LogP contribution in [-0.4, -0.2) is 61.2 Å². The number of ether oxygens (including phenoxy) is 2. The fraction of sp³-hybridized carbons (Fsp3) is 0.515. The molecule has 2 aliphatic rings. The second-order valence-electron chi connectivity index (χ2n) is 11.7. The van der Waals surface area contributed by atoms with Crippen LogP contribution < -0.4 is 4.31 Å². The van der Waals surface area contributed by atoms with E-state index in [4.69, 9.17) is 24.0 Å². The summed E-state index contributed by atoms with van der Waals surface area (Å²) in [5.74, 6) is 1.60. The van der Waals surface area contributed by atoms with Gasteiger partial charge in [0, 0.05) is 36.8 Å². The predicted octanol–water partition coefficient (Wildman–Crippen LogP) is 5.93. The van der Waals surface area contributed by atoms with Crippen LogP contribution in [0.5, 0.6) is 0 Å². The first-order chi connectivity index (χ1) is 21.7. The molecule has 0 atom stereocenters. The van der Waals surface area contributed by atoms with Crippen LogP contribution >= 0.6 is 0 Å². The van der Waals surface area contributed by atoms with Crippen LogP contribution in [0.1, 0.15) is 81.5 Å². The molecule has 1 aliphatic carbocycles. The molecule has 0 N–H and O–H groups in total. The van der Waals surface area contributed by atoms with Gasteiger partial charge in [0.25, 0.3) is 15.9 Å². The summed E-state index contributed by atoms with van der Waals surface area (Å²) in [7, 11) is -2.73. The first-order valence-corrected chi connectivity index (χ1v) is 17.1. The molecule has 1 aromatic carbocycles. The van der Waals surface area contributed by atoms with Crippen LogP contribution in [0.2, 0.25) is 0 Å². The fourth-order valence-corrected chi connectivity index (χ4v) is 7.67. The number of hydrogen-bond donors (Lipinski definition) is 0. The minimum atomic E-state index is -4.16. The standard InChI is InChI=1S/C33H43N5O6S/c1-6-8-15-30-35-33(18-11-12-19-33)32(39)37(30)20-25-16-17-26(28(34-25)21-43-7-2)27-13-9-10-14-29(27)45(40,41)38(22-42-5)31-23(3)24(4)44-36-31/h9-10,13-14,16-17H,6-8,11-12,15,18-22H2,1-5H3. The Hall–Kier alpha value is -3.61. The van der Waals surface area contributed by atoms with Crippen molar-refractivity contribution in [3.63, 3.8) is 0 Å². The number of pyridine rings is 1. The van der Waals surface area contributed by atoms with E-state index in [0.29, 0.717) is 47.0 Å². The number of benzene rings is 1. The highest BCUT2D eigenvalue weighted by Gasteiger charge is 2.49. The van der Waals surface area contributed by atoms with Gasteiger partial charge in [-0.1, -0.05) is 55.6 Å². The van der Waals surface area contributed by atoms with Gasteiger partial charge < -0.3 is 14.0 Å². The zero-order valence-corrected chi connectivity index (χ0v) is 27.7. The Morgan fingerprint density at radius 2 is 1.82 bits per heavy atom. The molecule has 0 saturated heterocycles. The first kappa shape index (κ1) is 32.8. The van der Waals surface area contributed by atoms with E-state index in [0.717, 1.165) is 55.1 Å². The third-order valence-corrected chi connectivity index (χ3v) is 10.4. The zero-order valence-electron chi connectivity index (χ0n) is 26.8. The molecule has 3 aromatic rings. The second-order valence-corrected chi connectivity index (χ2v) is 13.5. The number of methoxy groups -OCH3 is 1. The highest BCUT2D eigenvalue weighted by Crippen LogP contribution is 2.40. The first-order valence-electron chi connectivity index (χ1n) is 15.7. The number of amides is 1. The van der Waals surface area contributed by atoms with Crippen molar-refractivity contribution in [3.05, 3.63) is 59.1 Å². The summed E-state index contributed by atoms with van der Waals surface area (Å²) < 4.78 is 46.0. The number of aryl methyl sites for hydroxylation is 1. The molecule has 3 heterocycles. The van der Waals surface area contributed by atoms with Crippen molar-refractivity contribution in [2.45, 2.75) is 96.2 Å². The number of carbonyl (C=O) groups excluding carboxylic acids is 1. The van der Waals surface area contributed by atoms with Gasteiger partial charge in [-0.05, 0) is 52.2 Å². The molecule has 5 rings (SSSR count). The summed E-state index contributed by atoms with van der Waals surface area (Å²) in [6.45, 7) is 8.19. The van der Waals surface area contributed by atoms with E-state index < -0.39 is 15.6 Å². The predicted molar refractivity (Wildman–Crippen MR) is 171 cm³/mol. The van der Waals surface area contributed by atoms with Crippen molar-refractivity contribution in [1.29, 1.82) is 0 Å². The van der Waals surface area contributed by atoms with Gasteiger partial charge in [0.2, 0.25) is 0 Å². The maximum Gasteiger partial charge on any atom is 0.268 e. The number of unbranched alkanes of at least 4 members (excludes halogenated alkanes) is 1. The van der Waals surface area contributed by atoms with Gasteiger partial charge in [-0.15, -0.1) is 0 Å². The molecule has 0 radical (unpaired) electrons. The van der Waals surface area contributed by atoms with Gasteiger partial charge in [0.1, 0.15) is 23.9 Å². The lowest BCUT2D eigenvalue weighted by molar-refractivity contribution is -0.131. The van der Waals surface area contributed by atoms with Crippen molar-refractivity contribution in [2.24, 2.45) is 4.99 Å². The number of carbonyl (C=O) groups is 1. The highest BCUT2D eigenvalue weighted by molar-refractivity contribution is 7.93. The number of amidine groups is 1. The average Bonchev–Trinajstić information content (AvgIpc) is 3.72. The van der Waals surface area contributed by atoms with Gasteiger partial charge in [-0.2, -0.15) is 0 Å². The maximum absolute atomic E-state index is 14.2. The lowest BCUT2D eigenvalue weighted by atomic mass is 9.98. The van der Waals surface area contributed by atoms with Crippen LogP contribution in [0.15, 0.2) is 50.8 Å². The van der Waals surface area contributed by atoms with Gasteiger partial charge in [-0.25, -0.2) is 12.7 Å². The van der Waals surface area contributed by atoms with E-state index in [1.54, 1.807) is 38.1 Å². The lowest BCUT2D eigenvalue weighted by Gasteiger charge is -2.24. The van der Waals surface area contributed by atoms with E-state index in [1.165, 1.54) is 7.11 Å². The molecule has 0 unspecified atom stereocenters. The molecule has 1 aliphatic heterocycles. The molecular formula is C33H43N5O6S. The molecule has 2 aromatic heterocycles. The molecule has 45 heavy (non-hydrogen) atoms. The molecule has 242 valence electrons. The highest BCUT2D eigenvalue weighted by atomic mass is 32.2. The number of anilines is 1. The Balaban J connectivity index is 1.53. The van der Waals surface area contributed by atoms with Crippen LogP contribution in [0.4, 0.5) is 5.82 Å². The monoisotopic (exact) mass is 637 g/mol. The molecule has 1 saturated carbocycles. The van der Waals surface area contributed by atoms with E-state index >= 15 is 0 Å². The Bertz CT molecular complexity index is 1660. The molecule has 1 spiro atoms. The van der Waals surface area contributed by atoms with Gasteiger partial charge in [0.15, 0.2) is 5.82 Å². The smallest absolute Gasteiger partial charge is 0.268 e. The Morgan fingerprint density at radius 1 is 1.07 bits per heavy atom. The number of hydrogen-bond acceptors (Lipinski definition) is 9. The third kappa shape index (κ3) is 6.41. The van der Waals surface area contributed by atoms with Gasteiger partial charge in [0.05, 0.1) is 29.4 Å². The summed E-state index contributed by atoms with van der Waals surface area (Å²) in [5.41, 5.74) is 2.34. The number of nitrogens with zero attached hydrogens (tertiary/aromatic N) is 5. The molecule has 1 amide bonds. The van der Waals surface area contributed by atoms with Crippen LogP contribution in [-0.2, 0) is 37.4 Å². The molecule has 12 heteroatoms. The van der Waals surface area contributed by atoms with E-state index in [2.05, 4.69) is 12.1 Å². The normalized spacial score (nSPS) is 16.2. The lowest BCUT2D eigenvalue weighted by Crippen LogP contribution is -2.40. The van der Waals surface area contributed by atoms with Crippen LogP contribution in [0, 0.1) is 13.8 Å². The zero-order chi connectivity index (χ0) is 32.2. The summed E-state index contributed by atoms with van der Waals surface area (Å²) >= 11 is 0. The van der Waals surface area contributed by atoms with Crippen molar-refractivity contribution in [1.82, 2.24) is 15.0 Å². The average molecular weight is 638 g/mol. The van der Waals surface area contributed by atoms with Crippen molar-refractivity contribution in [2.75, 3.05) is 24.8 Å². The van der Waals surface area contributed by atoms with Crippen molar-refractivity contribution >= 4 is 27.6 Å². The number of aliphatic imine (C=N–C) groups is 1. The quantitative estimate of drug-likeness (QED) is 0.199. The van der Waals surface area contributed by atoms with Crippen LogP contribution in [0.3, 0.4) is 0 Å². The molecule has 1 fully saturated rings. The van der Waals surface area contributed by atoms with E-state index in [1.807, 2.05) is 24.0 Å². The number of rotatable bonds is 14. The summed E-state index contributed by atoms with van der Waals surface area (Å²) in [5, 5.41) is 4.02. The summed E-state index contributed by atoms with van der Waals surface area (Å²) in [6.07, 6.45) is 6.32. The SMILES string of the molecule is CCCCC1=NC2(CCCC2)C(=O)N1Cc1ccc(-c2ccccc2S(=O)(=O)N(COC)c2noc(C)c2C)c(COCC)n1. The largest absolute Gasteiger partial charge is 0.375 e. The number of aromatic nitrogens is 2. The topological polar surface area (TPSA) is 127 Å². The van der Waals surface area contributed by atoms with Gasteiger partial charge >= 0.3 is 0 Å².